The van der Waals surface area contributed by atoms with Crippen molar-refractivity contribution in [3.8, 4) is 17.2 Å². The van der Waals surface area contributed by atoms with E-state index in [0.717, 1.165) is 11.4 Å². The highest BCUT2D eigenvalue weighted by atomic mass is 16.7. The van der Waals surface area contributed by atoms with Crippen molar-refractivity contribution in [2.24, 2.45) is 7.05 Å². The fraction of sp³-hybridized carbons (Fsp3) is 0.400. The lowest BCUT2D eigenvalue weighted by atomic mass is 10.0. The quantitative estimate of drug-likeness (QED) is 0.910. The van der Waals surface area contributed by atoms with Crippen molar-refractivity contribution in [2.45, 2.75) is 18.9 Å². The lowest BCUT2D eigenvalue weighted by Crippen LogP contribution is -2.04. The van der Waals surface area contributed by atoms with Crippen LogP contribution in [-0.4, -0.2) is 28.6 Å². The molecule has 2 aromatic rings. The number of benzene rings is 1. The van der Waals surface area contributed by atoms with Crippen LogP contribution in [0.5, 0.6) is 17.2 Å². The van der Waals surface area contributed by atoms with Gasteiger partial charge in [-0.25, -0.2) is 4.98 Å². The molecule has 1 aliphatic rings. The van der Waals surface area contributed by atoms with Crippen LogP contribution in [0.25, 0.3) is 0 Å². The first-order valence-corrected chi connectivity index (χ1v) is 6.81. The highest BCUT2D eigenvalue weighted by Crippen LogP contribution is 2.43. The number of rotatable bonds is 5. The first-order valence-electron chi connectivity index (χ1n) is 6.81. The van der Waals surface area contributed by atoms with Crippen LogP contribution >= 0.6 is 0 Å². The summed E-state index contributed by atoms with van der Waals surface area (Å²) in [6.07, 6.45) is 4.32. The Labute approximate surface area is 122 Å². The van der Waals surface area contributed by atoms with Crippen LogP contribution in [0.15, 0.2) is 24.5 Å². The molecule has 1 atom stereocenters. The Morgan fingerprint density at radius 3 is 3.00 bits per heavy atom. The SMILES string of the molecule is COc1cc(C(O)CCc2nccn2C)cc2c1OCO2. The summed E-state index contributed by atoms with van der Waals surface area (Å²) in [5.41, 5.74) is 0.755. The average molecular weight is 290 g/mol. The van der Waals surface area contributed by atoms with E-state index in [2.05, 4.69) is 4.98 Å². The first kappa shape index (κ1) is 13.8. The van der Waals surface area contributed by atoms with Crippen molar-refractivity contribution in [1.82, 2.24) is 9.55 Å². The number of methoxy groups -OCH3 is 1. The van der Waals surface area contributed by atoms with E-state index in [1.54, 1.807) is 25.4 Å². The Morgan fingerprint density at radius 1 is 1.43 bits per heavy atom. The molecule has 2 heterocycles. The molecular formula is C15H18N2O4. The zero-order valence-electron chi connectivity index (χ0n) is 12.1. The fourth-order valence-electron chi connectivity index (χ4n) is 2.41. The molecule has 0 radical (unpaired) electrons. The lowest BCUT2D eigenvalue weighted by molar-refractivity contribution is 0.165. The molecule has 0 saturated heterocycles. The highest BCUT2D eigenvalue weighted by Gasteiger charge is 2.22. The Balaban J connectivity index is 1.75. The molecule has 1 aromatic carbocycles. The van der Waals surface area contributed by atoms with Gasteiger partial charge in [0.05, 0.1) is 13.2 Å². The number of hydrogen-bond donors (Lipinski definition) is 1. The molecule has 0 saturated carbocycles. The molecule has 0 bridgehead atoms. The molecule has 6 nitrogen and oxygen atoms in total. The number of imidazole rings is 1. The van der Waals surface area contributed by atoms with Gasteiger partial charge in [0.2, 0.25) is 12.5 Å². The molecule has 112 valence electrons. The van der Waals surface area contributed by atoms with E-state index in [4.69, 9.17) is 14.2 Å². The molecule has 0 amide bonds. The number of aliphatic hydroxyl groups is 1. The monoisotopic (exact) mass is 290 g/mol. The molecule has 1 aromatic heterocycles. The van der Waals surface area contributed by atoms with Gasteiger partial charge in [-0.15, -0.1) is 0 Å². The van der Waals surface area contributed by atoms with Gasteiger partial charge in [0.25, 0.3) is 0 Å². The molecule has 1 N–H and O–H groups in total. The van der Waals surface area contributed by atoms with Crippen LogP contribution in [-0.2, 0) is 13.5 Å². The minimum Gasteiger partial charge on any atom is -0.493 e. The Morgan fingerprint density at radius 2 is 2.29 bits per heavy atom. The number of aromatic nitrogens is 2. The summed E-state index contributed by atoms with van der Waals surface area (Å²) < 4.78 is 18.0. The minimum atomic E-state index is -0.606. The molecule has 1 aliphatic heterocycles. The van der Waals surface area contributed by atoms with Gasteiger partial charge in [-0.05, 0) is 24.1 Å². The minimum absolute atomic E-state index is 0.179. The van der Waals surface area contributed by atoms with Gasteiger partial charge in [-0.2, -0.15) is 0 Å². The van der Waals surface area contributed by atoms with Gasteiger partial charge in [-0.3, -0.25) is 0 Å². The second kappa shape index (κ2) is 5.65. The zero-order chi connectivity index (χ0) is 14.8. The molecular weight excluding hydrogens is 272 g/mol. The van der Waals surface area contributed by atoms with Gasteiger partial charge in [0.15, 0.2) is 11.5 Å². The third-order valence-corrected chi connectivity index (χ3v) is 3.63. The van der Waals surface area contributed by atoms with E-state index >= 15 is 0 Å². The number of aryl methyl sites for hydroxylation is 2. The van der Waals surface area contributed by atoms with Crippen molar-refractivity contribution in [3.63, 3.8) is 0 Å². The maximum atomic E-state index is 10.4. The fourth-order valence-corrected chi connectivity index (χ4v) is 2.41. The third-order valence-electron chi connectivity index (χ3n) is 3.63. The van der Waals surface area contributed by atoms with E-state index in [1.807, 2.05) is 17.8 Å². The van der Waals surface area contributed by atoms with Gasteiger partial charge in [0.1, 0.15) is 5.82 Å². The topological polar surface area (TPSA) is 65.7 Å². The Hall–Kier alpha value is -2.21. The van der Waals surface area contributed by atoms with Crippen molar-refractivity contribution < 1.29 is 19.3 Å². The van der Waals surface area contributed by atoms with Crippen molar-refractivity contribution in [1.29, 1.82) is 0 Å². The molecule has 3 rings (SSSR count). The predicted octanol–water partition coefficient (Wildman–Crippen LogP) is 1.82. The molecule has 0 aliphatic carbocycles. The number of ether oxygens (including phenoxy) is 3. The Kier molecular flexibility index (Phi) is 3.70. The first-order chi connectivity index (χ1) is 10.2. The standard InChI is InChI=1S/C15H18N2O4/c1-17-6-5-16-14(17)4-3-11(18)10-7-12(19-2)15-13(8-10)20-9-21-15/h5-8,11,18H,3-4,9H2,1-2H3. The van der Waals surface area contributed by atoms with Crippen molar-refractivity contribution >= 4 is 0 Å². The van der Waals surface area contributed by atoms with Crippen LogP contribution < -0.4 is 14.2 Å². The summed E-state index contributed by atoms with van der Waals surface area (Å²) in [5, 5.41) is 10.4. The molecule has 21 heavy (non-hydrogen) atoms. The van der Waals surface area contributed by atoms with Crippen LogP contribution in [0.2, 0.25) is 0 Å². The number of aliphatic hydroxyl groups excluding tert-OH is 1. The third kappa shape index (κ3) is 2.67. The van der Waals surface area contributed by atoms with Crippen LogP contribution in [0, 0.1) is 0 Å². The predicted molar refractivity (Wildman–Crippen MR) is 75.6 cm³/mol. The van der Waals surface area contributed by atoms with Gasteiger partial charge in [0, 0.05) is 25.9 Å². The molecule has 0 fully saturated rings. The molecule has 0 spiro atoms. The summed E-state index contributed by atoms with van der Waals surface area (Å²) in [5.74, 6) is 2.73. The van der Waals surface area contributed by atoms with E-state index in [-0.39, 0.29) is 6.79 Å². The summed E-state index contributed by atoms with van der Waals surface area (Å²) in [6, 6.07) is 3.59. The van der Waals surface area contributed by atoms with Gasteiger partial charge in [-0.1, -0.05) is 0 Å². The van der Waals surface area contributed by atoms with E-state index in [1.165, 1.54) is 0 Å². The van der Waals surface area contributed by atoms with Gasteiger partial charge < -0.3 is 23.9 Å². The molecule has 1 unspecified atom stereocenters. The zero-order valence-corrected chi connectivity index (χ0v) is 12.1. The van der Waals surface area contributed by atoms with E-state index in [0.29, 0.717) is 30.1 Å². The maximum absolute atomic E-state index is 10.4. The van der Waals surface area contributed by atoms with Gasteiger partial charge >= 0.3 is 0 Å². The van der Waals surface area contributed by atoms with Crippen LogP contribution in [0.3, 0.4) is 0 Å². The van der Waals surface area contributed by atoms with E-state index in [9.17, 15) is 5.11 Å². The second-order valence-corrected chi connectivity index (χ2v) is 4.97. The summed E-state index contributed by atoms with van der Waals surface area (Å²) in [6.45, 7) is 0.179. The average Bonchev–Trinajstić information content (AvgIpc) is 3.12. The summed E-state index contributed by atoms with van der Waals surface area (Å²) >= 11 is 0. The van der Waals surface area contributed by atoms with Crippen LogP contribution in [0.1, 0.15) is 23.9 Å². The molecule has 6 heteroatoms. The number of fused-ring (bicyclic) bond motifs is 1. The summed E-state index contributed by atoms with van der Waals surface area (Å²) in [4.78, 5) is 4.26. The van der Waals surface area contributed by atoms with Crippen LogP contribution in [0.4, 0.5) is 0 Å². The van der Waals surface area contributed by atoms with Crippen molar-refractivity contribution in [3.05, 3.63) is 35.9 Å². The summed E-state index contributed by atoms with van der Waals surface area (Å²) in [7, 11) is 3.51. The number of hydrogen-bond acceptors (Lipinski definition) is 5. The van der Waals surface area contributed by atoms with E-state index < -0.39 is 6.10 Å². The lowest BCUT2D eigenvalue weighted by Gasteiger charge is -2.13. The second-order valence-electron chi connectivity index (χ2n) is 4.97. The largest absolute Gasteiger partial charge is 0.493 e. The Bertz CT molecular complexity index is 639. The normalized spacial score (nSPS) is 14.2. The maximum Gasteiger partial charge on any atom is 0.231 e. The smallest absolute Gasteiger partial charge is 0.231 e. The van der Waals surface area contributed by atoms with Crippen molar-refractivity contribution in [2.75, 3.05) is 13.9 Å². The number of nitrogens with zero attached hydrogens (tertiary/aromatic N) is 2. The highest BCUT2D eigenvalue weighted by molar-refractivity contribution is 5.55.